The van der Waals surface area contributed by atoms with Gasteiger partial charge in [0.2, 0.25) is 0 Å². The van der Waals surface area contributed by atoms with E-state index in [1.54, 1.807) is 4.90 Å². The van der Waals surface area contributed by atoms with E-state index in [1.807, 2.05) is 12.3 Å². The number of hydrogen-bond acceptors (Lipinski definition) is 6. The molecule has 0 aliphatic carbocycles. The first-order chi connectivity index (χ1) is 11.4. The van der Waals surface area contributed by atoms with Crippen LogP contribution < -0.4 is 5.32 Å². The molecule has 1 aromatic heterocycles. The number of piperazine rings is 1. The highest BCUT2D eigenvalue weighted by Gasteiger charge is 2.43. The van der Waals surface area contributed by atoms with Gasteiger partial charge in [0.15, 0.2) is 5.13 Å². The number of hydrogen-bond donors (Lipinski definition) is 1. The molecule has 0 saturated carbocycles. The van der Waals surface area contributed by atoms with E-state index in [0.717, 1.165) is 38.2 Å². The zero-order valence-electron chi connectivity index (χ0n) is 14.5. The van der Waals surface area contributed by atoms with E-state index in [1.165, 1.54) is 11.3 Å². The van der Waals surface area contributed by atoms with Crippen molar-refractivity contribution in [3.63, 3.8) is 0 Å². The van der Waals surface area contributed by atoms with Gasteiger partial charge >= 0.3 is 11.8 Å². The Balaban J connectivity index is 1.65. The Morgan fingerprint density at radius 1 is 1.21 bits per heavy atom. The summed E-state index contributed by atoms with van der Waals surface area (Å²) in [6, 6.07) is 0. The third kappa shape index (κ3) is 3.45. The largest absolute Gasteiger partial charge is 0.331 e. The van der Waals surface area contributed by atoms with E-state index in [9.17, 15) is 9.59 Å². The third-order valence-electron chi connectivity index (χ3n) is 5.24. The molecule has 132 valence electrons. The van der Waals surface area contributed by atoms with Crippen molar-refractivity contribution in [1.29, 1.82) is 0 Å². The maximum Gasteiger partial charge on any atom is 0.315 e. The number of nitrogens with zero attached hydrogens (tertiary/aromatic N) is 4. The van der Waals surface area contributed by atoms with Crippen LogP contribution in [0.3, 0.4) is 0 Å². The van der Waals surface area contributed by atoms with Crippen LogP contribution in [0.4, 0.5) is 5.13 Å². The first kappa shape index (κ1) is 17.3. The summed E-state index contributed by atoms with van der Waals surface area (Å²) in [5.41, 5.74) is 0.839. The molecule has 1 spiro atoms. The number of amides is 2. The average Bonchev–Trinajstić information content (AvgIpc) is 2.97. The summed E-state index contributed by atoms with van der Waals surface area (Å²) in [6.07, 6.45) is 2.05. The number of thiazole rings is 1. The second kappa shape index (κ2) is 6.78. The Morgan fingerprint density at radius 2 is 1.92 bits per heavy atom. The van der Waals surface area contributed by atoms with Crippen molar-refractivity contribution in [2.45, 2.75) is 25.3 Å². The fraction of sp³-hybridized carbons (Fsp3) is 0.688. The highest BCUT2D eigenvalue weighted by molar-refractivity contribution is 7.14. The second-order valence-electron chi connectivity index (χ2n) is 6.92. The van der Waals surface area contributed by atoms with Gasteiger partial charge < -0.3 is 9.80 Å². The quantitative estimate of drug-likeness (QED) is 0.752. The number of carbonyl (C=O) groups is 2. The summed E-state index contributed by atoms with van der Waals surface area (Å²) in [4.78, 5) is 35.4. The van der Waals surface area contributed by atoms with E-state index >= 15 is 0 Å². The van der Waals surface area contributed by atoms with Crippen LogP contribution in [0.25, 0.3) is 0 Å². The monoisotopic (exact) mass is 351 g/mol. The van der Waals surface area contributed by atoms with Gasteiger partial charge in [0.25, 0.3) is 0 Å². The lowest BCUT2D eigenvalue weighted by Crippen LogP contribution is -2.65. The molecule has 1 N–H and O–H groups in total. The maximum atomic E-state index is 12.6. The zero-order chi connectivity index (χ0) is 17.3. The van der Waals surface area contributed by atoms with Crippen molar-refractivity contribution in [2.24, 2.45) is 0 Å². The number of rotatable bonds is 1. The van der Waals surface area contributed by atoms with E-state index in [-0.39, 0.29) is 5.54 Å². The fourth-order valence-corrected chi connectivity index (χ4v) is 4.20. The molecule has 2 fully saturated rings. The van der Waals surface area contributed by atoms with Gasteiger partial charge in [-0.05, 0) is 47.0 Å². The first-order valence-electron chi connectivity index (χ1n) is 8.32. The number of carbonyl (C=O) groups excluding carboxylic acids is 2. The lowest BCUT2D eigenvalue weighted by Gasteiger charge is -2.52. The molecule has 0 atom stereocenters. The van der Waals surface area contributed by atoms with E-state index < -0.39 is 11.8 Å². The number of nitrogens with one attached hydrogen (secondary N) is 1. The molecule has 3 heterocycles. The van der Waals surface area contributed by atoms with Crippen molar-refractivity contribution in [3.05, 3.63) is 11.1 Å². The van der Waals surface area contributed by atoms with Crippen molar-refractivity contribution >= 4 is 28.3 Å². The van der Waals surface area contributed by atoms with E-state index in [4.69, 9.17) is 0 Å². The van der Waals surface area contributed by atoms with Crippen molar-refractivity contribution < 1.29 is 9.59 Å². The molecule has 0 bridgehead atoms. The standard InChI is InChI=1S/C16H25N5O2S/c1-12-10-24-15(17-12)18-13(22)14(23)21-9-8-20(3)16(11-21)4-6-19(2)7-5-16/h10H,4-9,11H2,1-3H3,(H,17,18,22). The van der Waals surface area contributed by atoms with Crippen LogP contribution in [-0.4, -0.2) is 83.9 Å². The first-order valence-corrected chi connectivity index (χ1v) is 9.20. The maximum absolute atomic E-state index is 12.6. The van der Waals surface area contributed by atoms with Crippen LogP contribution in [0.1, 0.15) is 18.5 Å². The number of aromatic nitrogens is 1. The Hall–Kier alpha value is -1.51. The minimum atomic E-state index is -0.586. The summed E-state index contributed by atoms with van der Waals surface area (Å²) < 4.78 is 0. The number of piperidine rings is 1. The van der Waals surface area contributed by atoms with Crippen LogP contribution in [0, 0.1) is 6.92 Å². The summed E-state index contributed by atoms with van der Waals surface area (Å²) >= 11 is 1.34. The Bertz CT molecular complexity index is 624. The number of likely N-dealkylation sites (N-methyl/N-ethyl adjacent to an activating group) is 1. The molecule has 2 aliphatic heterocycles. The van der Waals surface area contributed by atoms with Gasteiger partial charge in [-0.1, -0.05) is 0 Å². The average molecular weight is 351 g/mol. The van der Waals surface area contributed by atoms with Crippen LogP contribution >= 0.6 is 11.3 Å². The Labute approximate surface area is 146 Å². The van der Waals surface area contributed by atoms with Crippen molar-refractivity contribution in [1.82, 2.24) is 19.7 Å². The molecule has 8 heteroatoms. The van der Waals surface area contributed by atoms with Gasteiger partial charge in [-0.25, -0.2) is 4.98 Å². The zero-order valence-corrected chi connectivity index (χ0v) is 15.4. The molecule has 2 amide bonds. The summed E-state index contributed by atoms with van der Waals surface area (Å²) in [5, 5.41) is 4.96. The highest BCUT2D eigenvalue weighted by atomic mass is 32.1. The van der Waals surface area contributed by atoms with Gasteiger partial charge in [0.1, 0.15) is 0 Å². The summed E-state index contributed by atoms with van der Waals surface area (Å²) in [7, 11) is 4.26. The molecule has 2 aliphatic rings. The predicted molar refractivity (Wildman–Crippen MR) is 94.2 cm³/mol. The smallest absolute Gasteiger partial charge is 0.315 e. The molecule has 0 aromatic carbocycles. The normalized spacial score (nSPS) is 21.9. The topological polar surface area (TPSA) is 68.8 Å². The predicted octanol–water partition coefficient (Wildman–Crippen LogP) is 0.628. The molecule has 0 unspecified atom stereocenters. The van der Waals surface area contributed by atoms with Crippen molar-refractivity contribution in [3.8, 4) is 0 Å². The van der Waals surface area contributed by atoms with Gasteiger partial charge in [0, 0.05) is 30.6 Å². The number of likely N-dealkylation sites (tertiary alicyclic amines) is 1. The Kier molecular flexibility index (Phi) is 4.89. The second-order valence-corrected chi connectivity index (χ2v) is 7.78. The van der Waals surface area contributed by atoms with E-state index in [2.05, 4.69) is 34.2 Å². The minimum absolute atomic E-state index is 0.00152. The third-order valence-corrected chi connectivity index (χ3v) is 6.11. The minimum Gasteiger partial charge on any atom is -0.331 e. The van der Waals surface area contributed by atoms with Gasteiger partial charge in [-0.2, -0.15) is 0 Å². The lowest BCUT2D eigenvalue weighted by atomic mass is 9.84. The van der Waals surface area contributed by atoms with Crippen molar-refractivity contribution in [2.75, 3.05) is 52.1 Å². The van der Waals surface area contributed by atoms with Crippen LogP contribution in [0.5, 0.6) is 0 Å². The van der Waals surface area contributed by atoms with Crippen LogP contribution in [0.15, 0.2) is 5.38 Å². The van der Waals surface area contributed by atoms with Gasteiger partial charge in [0.05, 0.1) is 5.69 Å². The SMILES string of the molecule is Cc1csc(NC(=O)C(=O)N2CCN(C)C3(CCN(C)CC3)C2)n1. The molecule has 24 heavy (non-hydrogen) atoms. The molecule has 3 rings (SSSR count). The highest BCUT2D eigenvalue weighted by Crippen LogP contribution is 2.31. The summed E-state index contributed by atoms with van der Waals surface area (Å²) in [5.74, 6) is -1.04. The lowest BCUT2D eigenvalue weighted by molar-refractivity contribution is -0.147. The fourth-order valence-electron chi connectivity index (χ4n) is 3.52. The Morgan fingerprint density at radius 3 is 2.54 bits per heavy atom. The number of aryl methyl sites for hydroxylation is 1. The van der Waals surface area contributed by atoms with Crippen LogP contribution in [-0.2, 0) is 9.59 Å². The molecule has 1 aromatic rings. The molecule has 2 saturated heterocycles. The summed E-state index contributed by atoms with van der Waals surface area (Å²) in [6.45, 7) is 5.93. The van der Waals surface area contributed by atoms with Gasteiger partial charge in [-0.15, -0.1) is 11.3 Å². The van der Waals surface area contributed by atoms with Crippen LogP contribution in [0.2, 0.25) is 0 Å². The molecular weight excluding hydrogens is 326 g/mol. The molecule has 7 nitrogen and oxygen atoms in total. The molecular formula is C16H25N5O2S. The number of anilines is 1. The van der Waals surface area contributed by atoms with E-state index in [0.29, 0.717) is 18.2 Å². The molecule has 0 radical (unpaired) electrons. The van der Waals surface area contributed by atoms with Gasteiger partial charge in [-0.3, -0.25) is 19.8 Å².